The van der Waals surface area contributed by atoms with E-state index in [1.54, 1.807) is 0 Å². The van der Waals surface area contributed by atoms with Crippen molar-refractivity contribution in [2.45, 2.75) is 0 Å². The van der Waals surface area contributed by atoms with Gasteiger partial charge in [-0.05, 0) is 47.9 Å². The fourth-order valence-electron chi connectivity index (χ4n) is 1.83. The lowest BCUT2D eigenvalue weighted by atomic mass is 10.2. The molecule has 0 saturated heterocycles. The van der Waals surface area contributed by atoms with Crippen LogP contribution in [-0.4, -0.2) is 13.2 Å². The predicted molar refractivity (Wildman–Crippen MR) is 95.3 cm³/mol. The number of para-hydroxylation sites is 2. The Hall–Kier alpha value is -3.72. The van der Waals surface area contributed by atoms with Crippen molar-refractivity contribution in [1.29, 1.82) is 0 Å². The van der Waals surface area contributed by atoms with Crippen LogP contribution in [-0.2, 0) is 0 Å². The fourth-order valence-corrected chi connectivity index (χ4v) is 1.83. The fraction of sp³-hybridized carbons (Fsp3) is 0.0909. The topological polar surface area (TPSA) is 18.5 Å². The van der Waals surface area contributed by atoms with Crippen LogP contribution < -0.4 is 9.47 Å². The lowest BCUT2D eigenvalue weighted by molar-refractivity contribution is 0.369. The van der Waals surface area contributed by atoms with Gasteiger partial charge < -0.3 is 9.47 Å². The Balaban J connectivity index is 2.17. The van der Waals surface area contributed by atoms with Crippen molar-refractivity contribution in [3.63, 3.8) is 0 Å². The van der Waals surface area contributed by atoms with Crippen molar-refractivity contribution in [3.05, 3.63) is 59.7 Å². The molecule has 114 valence electrons. The number of rotatable bonds is 4. The maximum absolute atomic E-state index is 5.44. The Morgan fingerprint density at radius 1 is 0.667 bits per heavy atom. The molecule has 0 aliphatic carbocycles. The third-order valence-corrected chi connectivity index (χ3v) is 2.85. The zero-order chi connectivity index (χ0) is 17.0. The van der Waals surface area contributed by atoms with Crippen LogP contribution in [0.4, 0.5) is 0 Å². The first-order chi connectivity index (χ1) is 11.8. The number of benzene rings is 2. The third-order valence-electron chi connectivity index (χ3n) is 2.85. The van der Waals surface area contributed by atoms with Crippen molar-refractivity contribution in [2.75, 3.05) is 13.2 Å². The summed E-state index contributed by atoms with van der Waals surface area (Å²) in [6.45, 7) is 0.397. The minimum atomic E-state index is 0.199. The molecule has 2 aromatic carbocycles. The molecule has 0 aromatic heterocycles. The van der Waals surface area contributed by atoms with Gasteiger partial charge in [-0.15, -0.1) is 12.8 Å². The molecule has 2 nitrogen and oxygen atoms in total. The summed E-state index contributed by atoms with van der Waals surface area (Å²) in [5.41, 5.74) is 1.47. The quantitative estimate of drug-likeness (QED) is 0.808. The lowest BCUT2D eigenvalue weighted by Crippen LogP contribution is -1.95. The molecule has 2 aromatic rings. The summed E-state index contributed by atoms with van der Waals surface area (Å²) in [7, 11) is 0. The molecule has 0 N–H and O–H groups in total. The van der Waals surface area contributed by atoms with Crippen LogP contribution in [0.15, 0.2) is 48.5 Å². The second-order valence-corrected chi connectivity index (χ2v) is 4.48. The maximum atomic E-state index is 5.44. The van der Waals surface area contributed by atoms with E-state index in [0.717, 1.165) is 11.1 Å². The molecular formula is C22H14O2. The van der Waals surface area contributed by atoms with Gasteiger partial charge in [0.1, 0.15) is 24.7 Å². The highest BCUT2D eigenvalue weighted by molar-refractivity contribution is 5.52. The van der Waals surface area contributed by atoms with E-state index in [-0.39, 0.29) is 13.2 Å². The molecule has 0 spiro atoms. The van der Waals surface area contributed by atoms with Gasteiger partial charge in [0.05, 0.1) is 11.1 Å². The molecule has 0 atom stereocenters. The largest absolute Gasteiger partial charge is 0.480 e. The number of ether oxygens (including phenoxy) is 2. The molecule has 24 heavy (non-hydrogen) atoms. The van der Waals surface area contributed by atoms with Crippen molar-refractivity contribution >= 4 is 0 Å². The van der Waals surface area contributed by atoms with E-state index in [2.05, 4.69) is 35.5 Å². The zero-order valence-electron chi connectivity index (χ0n) is 13.0. The van der Waals surface area contributed by atoms with E-state index in [4.69, 9.17) is 22.3 Å². The Labute approximate surface area is 142 Å². The molecule has 2 rings (SSSR count). The molecule has 0 heterocycles. The molecule has 0 aliphatic heterocycles. The first-order valence-electron chi connectivity index (χ1n) is 7.17. The summed E-state index contributed by atoms with van der Waals surface area (Å²) in [5.74, 6) is 17.7. The average Bonchev–Trinajstić information content (AvgIpc) is 2.63. The van der Waals surface area contributed by atoms with Crippen molar-refractivity contribution in [3.8, 4) is 59.9 Å². The van der Waals surface area contributed by atoms with Crippen LogP contribution in [0.25, 0.3) is 0 Å². The van der Waals surface area contributed by atoms with Crippen molar-refractivity contribution in [2.24, 2.45) is 0 Å². The van der Waals surface area contributed by atoms with Gasteiger partial charge in [0.25, 0.3) is 0 Å². The molecule has 0 radical (unpaired) electrons. The summed E-state index contributed by atoms with van der Waals surface area (Å²) in [5, 5.41) is 0. The van der Waals surface area contributed by atoms with E-state index in [0.29, 0.717) is 11.5 Å². The third kappa shape index (κ3) is 4.93. The summed E-state index contributed by atoms with van der Waals surface area (Å²) in [6.07, 6.45) is 10.4. The molecule has 0 bridgehead atoms. The van der Waals surface area contributed by atoms with Gasteiger partial charge in [-0.2, -0.15) is 0 Å². The molecule has 0 fully saturated rings. The minimum absolute atomic E-state index is 0.199. The standard InChI is InChI=1S/C22H14O2/c1-3-17-23-21-15-9-7-13-19(21)11-5-6-12-20-14-8-10-16-22(20)24-18-4-2/h1-2,7-10,13-16H,17-18H2. The van der Waals surface area contributed by atoms with Gasteiger partial charge in [0.2, 0.25) is 0 Å². The summed E-state index contributed by atoms with van der Waals surface area (Å²) < 4.78 is 10.9. The maximum Gasteiger partial charge on any atom is 0.148 e. The Morgan fingerprint density at radius 3 is 1.50 bits per heavy atom. The van der Waals surface area contributed by atoms with Crippen molar-refractivity contribution < 1.29 is 9.47 Å². The highest BCUT2D eigenvalue weighted by atomic mass is 16.5. The highest BCUT2D eigenvalue weighted by Crippen LogP contribution is 2.17. The monoisotopic (exact) mass is 310 g/mol. The van der Waals surface area contributed by atoms with E-state index >= 15 is 0 Å². The van der Waals surface area contributed by atoms with E-state index in [1.807, 2.05) is 48.5 Å². The van der Waals surface area contributed by atoms with Crippen LogP contribution in [0.1, 0.15) is 11.1 Å². The average molecular weight is 310 g/mol. The number of terminal acetylenes is 2. The Kier molecular flexibility index (Phi) is 6.47. The van der Waals surface area contributed by atoms with Crippen LogP contribution in [0, 0.1) is 48.4 Å². The molecule has 0 amide bonds. The summed E-state index contributed by atoms with van der Waals surface area (Å²) >= 11 is 0. The molecule has 2 heteroatoms. The van der Waals surface area contributed by atoms with Crippen LogP contribution in [0.3, 0.4) is 0 Å². The van der Waals surface area contributed by atoms with Gasteiger partial charge in [0.15, 0.2) is 0 Å². The predicted octanol–water partition coefficient (Wildman–Crippen LogP) is 3.11. The molecule has 0 saturated carbocycles. The Bertz CT molecular complexity index is 825. The number of hydrogen-bond acceptors (Lipinski definition) is 2. The summed E-state index contributed by atoms with van der Waals surface area (Å²) in [4.78, 5) is 0. The summed E-state index contributed by atoms with van der Waals surface area (Å²) in [6, 6.07) is 14.8. The highest BCUT2D eigenvalue weighted by Gasteiger charge is 1.99. The second kappa shape index (κ2) is 9.33. The van der Waals surface area contributed by atoms with Gasteiger partial charge in [-0.3, -0.25) is 0 Å². The van der Waals surface area contributed by atoms with Gasteiger partial charge >= 0.3 is 0 Å². The zero-order valence-corrected chi connectivity index (χ0v) is 13.0. The normalized spacial score (nSPS) is 8.42. The van der Waals surface area contributed by atoms with Crippen molar-refractivity contribution in [1.82, 2.24) is 0 Å². The SMILES string of the molecule is C#CCOc1ccccc1C#CC#Cc1ccccc1OCC#C. The smallest absolute Gasteiger partial charge is 0.148 e. The first kappa shape index (κ1) is 16.6. The Morgan fingerprint density at radius 2 is 1.08 bits per heavy atom. The second-order valence-electron chi connectivity index (χ2n) is 4.48. The van der Waals surface area contributed by atoms with Crippen LogP contribution in [0.5, 0.6) is 11.5 Å². The molecule has 0 unspecified atom stereocenters. The minimum Gasteiger partial charge on any atom is -0.480 e. The molecular weight excluding hydrogens is 296 g/mol. The van der Waals surface area contributed by atoms with Crippen LogP contribution in [0.2, 0.25) is 0 Å². The lowest BCUT2D eigenvalue weighted by Gasteiger charge is -2.03. The first-order valence-corrected chi connectivity index (χ1v) is 7.17. The van der Waals surface area contributed by atoms with Gasteiger partial charge in [-0.1, -0.05) is 36.1 Å². The van der Waals surface area contributed by atoms with E-state index < -0.39 is 0 Å². The number of hydrogen-bond donors (Lipinski definition) is 0. The molecule has 0 aliphatic rings. The van der Waals surface area contributed by atoms with Crippen LogP contribution >= 0.6 is 0 Å². The van der Waals surface area contributed by atoms with Gasteiger partial charge in [0, 0.05) is 0 Å². The van der Waals surface area contributed by atoms with E-state index in [1.165, 1.54) is 0 Å². The van der Waals surface area contributed by atoms with E-state index in [9.17, 15) is 0 Å². The van der Waals surface area contributed by atoms with Gasteiger partial charge in [-0.25, -0.2) is 0 Å².